The highest BCUT2D eigenvalue weighted by molar-refractivity contribution is 7.08. The molecule has 8 heteroatoms. The lowest BCUT2D eigenvalue weighted by atomic mass is 9.94. The van der Waals surface area contributed by atoms with E-state index in [0.717, 1.165) is 70.6 Å². The third-order valence-corrected chi connectivity index (χ3v) is 8.29. The number of aromatic nitrogens is 4. The number of pyridine rings is 1. The third kappa shape index (κ3) is 4.73. The van der Waals surface area contributed by atoms with Crippen molar-refractivity contribution < 1.29 is 4.79 Å². The topological polar surface area (TPSA) is 98.5 Å². The molecule has 1 saturated heterocycles. The number of rotatable bonds is 6. The van der Waals surface area contributed by atoms with Gasteiger partial charge in [0.1, 0.15) is 5.69 Å². The molecule has 4 N–H and O–H groups in total. The largest absolute Gasteiger partial charge is 0.353 e. The Morgan fingerprint density at radius 3 is 2.74 bits per heavy atom. The number of carbonyl (C=O) groups excluding carboxylic acids is 1. The summed E-state index contributed by atoms with van der Waals surface area (Å²) >= 11 is 1.70. The van der Waals surface area contributed by atoms with Crippen LogP contribution in [0.25, 0.3) is 55.4 Å². The zero-order valence-corrected chi connectivity index (χ0v) is 22.1. The molecule has 7 rings (SSSR count). The Balaban J connectivity index is 1.19. The number of nitrogens with one attached hydrogen (secondary N) is 4. The summed E-state index contributed by atoms with van der Waals surface area (Å²) in [7, 11) is 0. The molecule has 0 bridgehead atoms. The Morgan fingerprint density at radius 1 is 0.949 bits per heavy atom. The number of fused-ring (bicyclic) bond motifs is 2. The van der Waals surface area contributed by atoms with Crippen LogP contribution < -0.4 is 10.6 Å². The predicted molar refractivity (Wildman–Crippen MR) is 159 cm³/mol. The van der Waals surface area contributed by atoms with Gasteiger partial charge in [0.05, 0.1) is 23.1 Å². The van der Waals surface area contributed by atoms with Gasteiger partial charge in [0.2, 0.25) is 5.91 Å². The minimum absolute atomic E-state index is 0.0501. The van der Waals surface area contributed by atoms with E-state index in [1.807, 2.05) is 18.3 Å². The van der Waals surface area contributed by atoms with Crippen molar-refractivity contribution in [2.45, 2.75) is 19.3 Å². The van der Waals surface area contributed by atoms with Gasteiger partial charge in [0, 0.05) is 34.5 Å². The molecule has 0 atom stereocenters. The Bertz CT molecular complexity index is 1780. The van der Waals surface area contributed by atoms with Crippen molar-refractivity contribution in [3.05, 3.63) is 77.8 Å². The number of amides is 1. The summed E-state index contributed by atoms with van der Waals surface area (Å²) in [5, 5.41) is 20.7. The van der Waals surface area contributed by atoms with Crippen molar-refractivity contribution in [3.8, 4) is 33.6 Å². The summed E-state index contributed by atoms with van der Waals surface area (Å²) in [5.41, 5.74) is 9.00. The van der Waals surface area contributed by atoms with Gasteiger partial charge in [-0.3, -0.25) is 14.9 Å². The second kappa shape index (κ2) is 10.1. The van der Waals surface area contributed by atoms with E-state index in [2.05, 4.69) is 84.0 Å². The molecule has 2 aromatic carbocycles. The van der Waals surface area contributed by atoms with Crippen LogP contribution in [-0.2, 0) is 4.79 Å². The predicted octanol–water partition coefficient (Wildman–Crippen LogP) is 6.83. The maximum atomic E-state index is 12.7. The maximum Gasteiger partial charge on any atom is 0.224 e. The molecule has 7 nitrogen and oxygen atoms in total. The highest BCUT2D eigenvalue weighted by Crippen LogP contribution is 2.36. The fourth-order valence-electron chi connectivity index (χ4n) is 5.58. The van der Waals surface area contributed by atoms with Crippen LogP contribution in [0.3, 0.4) is 0 Å². The van der Waals surface area contributed by atoms with E-state index in [9.17, 15) is 4.79 Å². The van der Waals surface area contributed by atoms with Crippen molar-refractivity contribution in [1.82, 2.24) is 25.5 Å². The van der Waals surface area contributed by atoms with Crippen molar-refractivity contribution in [2.24, 2.45) is 5.92 Å². The van der Waals surface area contributed by atoms with Gasteiger partial charge in [0.25, 0.3) is 0 Å². The summed E-state index contributed by atoms with van der Waals surface area (Å²) in [6, 6.07) is 18.9. The molecular weight excluding hydrogens is 504 g/mol. The lowest BCUT2D eigenvalue weighted by molar-refractivity contribution is -0.117. The highest BCUT2D eigenvalue weighted by Gasteiger charge is 2.18. The van der Waals surface area contributed by atoms with E-state index in [1.165, 1.54) is 16.5 Å². The molecule has 1 fully saturated rings. The van der Waals surface area contributed by atoms with E-state index in [4.69, 9.17) is 0 Å². The van der Waals surface area contributed by atoms with Crippen molar-refractivity contribution in [2.75, 3.05) is 18.4 Å². The number of aromatic amines is 2. The molecule has 5 heterocycles. The van der Waals surface area contributed by atoms with Crippen LogP contribution in [0.5, 0.6) is 0 Å². The summed E-state index contributed by atoms with van der Waals surface area (Å²) in [6.45, 7) is 1.98. The first kappa shape index (κ1) is 23.8. The molecule has 0 unspecified atom stereocenters. The lowest BCUT2D eigenvalue weighted by Gasteiger charge is -2.21. The number of benzene rings is 2. The fourth-order valence-corrected chi connectivity index (χ4v) is 6.23. The van der Waals surface area contributed by atoms with Crippen LogP contribution in [0.15, 0.2) is 77.8 Å². The molecule has 0 saturated carbocycles. The van der Waals surface area contributed by atoms with Crippen LogP contribution >= 0.6 is 11.3 Å². The number of nitrogens with zero attached hydrogens (tertiary/aromatic N) is 2. The third-order valence-electron chi connectivity index (χ3n) is 7.60. The summed E-state index contributed by atoms with van der Waals surface area (Å²) in [5.74, 6) is 0.490. The minimum atomic E-state index is 0.0501. The molecule has 0 aliphatic carbocycles. The maximum absolute atomic E-state index is 12.7. The Hall–Kier alpha value is -4.27. The Morgan fingerprint density at radius 2 is 1.87 bits per heavy atom. The molecule has 1 amide bonds. The normalized spacial score (nSPS) is 14.3. The quantitative estimate of drug-likeness (QED) is 0.189. The standard InChI is InChI=1S/C31H28N6OS/c38-30(12-19-6-9-32-10-7-19)34-23-13-22(16-33-17-23)20-4-5-28-26(14-20)31(37-36-28)29-15-25-24(21-8-11-39-18-21)2-1-3-27(25)35-29/h1-5,8,11,13-19,32,35H,6-7,9-10,12H2,(H,34,38)(H,36,37). The SMILES string of the molecule is O=C(CC1CCNCC1)Nc1cncc(-c2ccc3[nH]nc(-c4cc5c(-c6ccsc6)cccc5[nH]4)c3c2)c1. The van der Waals surface area contributed by atoms with Gasteiger partial charge < -0.3 is 15.6 Å². The number of hydrogen-bond acceptors (Lipinski definition) is 5. The van der Waals surface area contributed by atoms with Gasteiger partial charge >= 0.3 is 0 Å². The molecule has 0 spiro atoms. The van der Waals surface area contributed by atoms with Crippen LogP contribution in [-0.4, -0.2) is 39.2 Å². The zero-order chi connectivity index (χ0) is 26.2. The van der Waals surface area contributed by atoms with Gasteiger partial charge in [-0.05, 0) is 95.7 Å². The zero-order valence-electron chi connectivity index (χ0n) is 21.3. The highest BCUT2D eigenvalue weighted by atomic mass is 32.1. The van der Waals surface area contributed by atoms with Gasteiger partial charge in [-0.15, -0.1) is 0 Å². The first-order valence-corrected chi connectivity index (χ1v) is 14.2. The lowest BCUT2D eigenvalue weighted by Crippen LogP contribution is -2.30. The molecule has 4 aromatic heterocycles. The number of carbonyl (C=O) groups is 1. The van der Waals surface area contributed by atoms with E-state index in [-0.39, 0.29) is 5.91 Å². The van der Waals surface area contributed by atoms with Crippen LogP contribution in [0, 0.1) is 5.92 Å². The average molecular weight is 533 g/mol. The van der Waals surface area contributed by atoms with Crippen LogP contribution in [0.2, 0.25) is 0 Å². The molecule has 6 aromatic rings. The number of hydrogen-bond donors (Lipinski definition) is 4. The van der Waals surface area contributed by atoms with Crippen molar-refractivity contribution in [1.29, 1.82) is 0 Å². The van der Waals surface area contributed by atoms with Crippen molar-refractivity contribution in [3.63, 3.8) is 0 Å². The second-order valence-corrected chi connectivity index (χ2v) is 11.0. The number of H-pyrrole nitrogens is 2. The first-order valence-electron chi connectivity index (χ1n) is 13.3. The smallest absolute Gasteiger partial charge is 0.224 e. The molecule has 1 aliphatic heterocycles. The van der Waals surface area contributed by atoms with Crippen LogP contribution in [0.4, 0.5) is 5.69 Å². The van der Waals surface area contributed by atoms with Gasteiger partial charge in [-0.25, -0.2) is 0 Å². The summed E-state index contributed by atoms with van der Waals surface area (Å²) in [4.78, 5) is 20.7. The number of piperidine rings is 1. The number of anilines is 1. The van der Waals surface area contributed by atoms with E-state index in [0.29, 0.717) is 12.3 Å². The summed E-state index contributed by atoms with van der Waals surface area (Å²) < 4.78 is 0. The van der Waals surface area contributed by atoms with Crippen molar-refractivity contribution >= 4 is 44.7 Å². The average Bonchev–Trinajstić information content (AvgIpc) is 3.73. The molecular formula is C31H28N6OS. The van der Waals surface area contributed by atoms with E-state index >= 15 is 0 Å². The monoisotopic (exact) mass is 532 g/mol. The second-order valence-electron chi connectivity index (χ2n) is 10.2. The van der Waals surface area contributed by atoms with Crippen LogP contribution in [0.1, 0.15) is 19.3 Å². The molecule has 1 aliphatic rings. The Kier molecular flexibility index (Phi) is 6.19. The van der Waals surface area contributed by atoms with Gasteiger partial charge in [0.15, 0.2) is 0 Å². The summed E-state index contributed by atoms with van der Waals surface area (Å²) in [6.07, 6.45) is 6.18. The first-order chi connectivity index (χ1) is 19.2. The Labute approximate surface area is 229 Å². The van der Waals surface area contributed by atoms with E-state index < -0.39 is 0 Å². The minimum Gasteiger partial charge on any atom is -0.353 e. The van der Waals surface area contributed by atoms with E-state index in [1.54, 1.807) is 17.5 Å². The molecule has 39 heavy (non-hydrogen) atoms. The molecule has 194 valence electrons. The van der Waals surface area contributed by atoms with Gasteiger partial charge in [-0.2, -0.15) is 16.4 Å². The molecule has 0 radical (unpaired) electrons. The number of thiophene rings is 1. The van der Waals surface area contributed by atoms with Gasteiger partial charge in [-0.1, -0.05) is 18.2 Å². The fraction of sp³-hybridized carbons (Fsp3) is 0.194.